The zero-order chi connectivity index (χ0) is 27.5. The van der Waals surface area contributed by atoms with Crippen molar-refractivity contribution < 1.29 is 27.8 Å². The smallest absolute Gasteiger partial charge is 0.233 e. The van der Waals surface area contributed by atoms with E-state index in [1.165, 1.54) is 24.3 Å². The van der Waals surface area contributed by atoms with Crippen molar-refractivity contribution in [3.63, 3.8) is 0 Å². The van der Waals surface area contributed by atoms with Crippen LogP contribution in [-0.2, 0) is 26.7 Å². The van der Waals surface area contributed by atoms with E-state index in [-0.39, 0.29) is 29.5 Å². The quantitative estimate of drug-likeness (QED) is 0.216. The fourth-order valence-electron chi connectivity index (χ4n) is 5.56. The summed E-state index contributed by atoms with van der Waals surface area (Å²) in [6.45, 7) is 1.30. The number of anilines is 1. The van der Waals surface area contributed by atoms with E-state index in [1.807, 2.05) is 54.6 Å². The van der Waals surface area contributed by atoms with E-state index in [0.717, 1.165) is 22.4 Å². The maximum atomic E-state index is 13.7. The molecule has 0 aromatic heterocycles. The Hall–Kier alpha value is -4.07. The molecule has 4 aromatic carbocycles. The molecule has 2 heterocycles. The first-order valence-electron chi connectivity index (χ1n) is 13.4. The van der Waals surface area contributed by atoms with Gasteiger partial charge in [0, 0.05) is 17.7 Å². The molecule has 40 heavy (non-hydrogen) atoms. The van der Waals surface area contributed by atoms with Gasteiger partial charge in [-0.15, -0.1) is 0 Å². The first-order valence-corrected chi connectivity index (χ1v) is 13.4. The molecule has 7 heteroatoms. The van der Waals surface area contributed by atoms with Crippen LogP contribution in [0.15, 0.2) is 103 Å². The first kappa shape index (κ1) is 26.2. The normalized spacial score (nSPS) is 19.9. The summed E-state index contributed by atoms with van der Waals surface area (Å²) in [4.78, 5) is 15.2. The summed E-state index contributed by atoms with van der Waals surface area (Å²) in [7, 11) is 0. The Morgan fingerprint density at radius 2 is 1.43 bits per heavy atom. The Balaban J connectivity index is 1.23. The molecule has 2 aliphatic rings. The van der Waals surface area contributed by atoms with E-state index in [0.29, 0.717) is 38.3 Å². The van der Waals surface area contributed by atoms with E-state index >= 15 is 0 Å². The van der Waals surface area contributed by atoms with Gasteiger partial charge in [0.2, 0.25) is 5.91 Å². The van der Waals surface area contributed by atoms with Crippen LogP contribution in [0.3, 0.4) is 0 Å². The second-order valence-electron chi connectivity index (χ2n) is 10.1. The Kier molecular flexibility index (Phi) is 7.32. The maximum absolute atomic E-state index is 13.7. The monoisotopic (exact) mass is 541 g/mol. The van der Waals surface area contributed by atoms with Crippen molar-refractivity contribution in [3.8, 4) is 5.75 Å². The van der Waals surface area contributed by atoms with Gasteiger partial charge in [-0.3, -0.25) is 4.79 Å². The lowest BCUT2D eigenvalue weighted by Gasteiger charge is -2.48. The molecule has 2 unspecified atom stereocenters. The number of carbonyl (C=O) groups is 1. The summed E-state index contributed by atoms with van der Waals surface area (Å²) in [5.41, 5.74) is 3.39. The van der Waals surface area contributed by atoms with Crippen LogP contribution >= 0.6 is 0 Å². The van der Waals surface area contributed by atoms with E-state index in [9.17, 15) is 13.6 Å². The third-order valence-corrected chi connectivity index (χ3v) is 7.61. The zero-order valence-corrected chi connectivity index (χ0v) is 21.8. The van der Waals surface area contributed by atoms with Crippen molar-refractivity contribution in [2.75, 3.05) is 18.1 Å². The van der Waals surface area contributed by atoms with Crippen molar-refractivity contribution >= 4 is 11.6 Å². The minimum atomic E-state index is -1.02. The zero-order valence-electron chi connectivity index (χ0n) is 21.8. The predicted molar refractivity (Wildman–Crippen MR) is 147 cm³/mol. The van der Waals surface area contributed by atoms with Crippen LogP contribution in [0.1, 0.15) is 35.6 Å². The summed E-state index contributed by atoms with van der Waals surface area (Å²) in [5.74, 6) is -1.38. The van der Waals surface area contributed by atoms with E-state index < -0.39 is 5.79 Å². The van der Waals surface area contributed by atoms with Gasteiger partial charge in [-0.05, 0) is 66.1 Å². The molecular weight excluding hydrogens is 512 g/mol. The molecule has 204 valence electrons. The Morgan fingerprint density at radius 3 is 2.08 bits per heavy atom. The maximum Gasteiger partial charge on any atom is 0.233 e. The SMILES string of the molecule is O=C1C(CCC2(c3ccc(F)cc3)OCCO2)C(c2ccc(OCc3ccccc3)cc2)N1c1ccc(F)cc1. The molecule has 2 atom stereocenters. The molecule has 0 radical (unpaired) electrons. The van der Waals surface area contributed by atoms with Crippen LogP contribution in [-0.4, -0.2) is 19.1 Å². The molecule has 2 fully saturated rings. The number of ether oxygens (including phenoxy) is 3. The number of hydrogen-bond acceptors (Lipinski definition) is 4. The molecule has 0 bridgehead atoms. The van der Waals surface area contributed by atoms with Crippen molar-refractivity contribution in [2.24, 2.45) is 5.92 Å². The van der Waals surface area contributed by atoms with Gasteiger partial charge in [0.05, 0.1) is 25.2 Å². The summed E-state index contributed by atoms with van der Waals surface area (Å²) < 4.78 is 45.3. The van der Waals surface area contributed by atoms with Gasteiger partial charge in [-0.2, -0.15) is 0 Å². The van der Waals surface area contributed by atoms with Crippen LogP contribution in [0.2, 0.25) is 0 Å². The molecule has 0 spiro atoms. The summed E-state index contributed by atoms with van der Waals surface area (Å²) in [6.07, 6.45) is 0.923. The molecule has 6 rings (SSSR count). The number of nitrogens with zero attached hydrogens (tertiary/aromatic N) is 1. The molecule has 4 aromatic rings. The van der Waals surface area contributed by atoms with Crippen molar-refractivity contribution in [2.45, 2.75) is 31.3 Å². The van der Waals surface area contributed by atoms with E-state index in [2.05, 4.69) is 0 Å². The highest BCUT2D eigenvalue weighted by Crippen LogP contribution is 2.48. The molecule has 0 N–H and O–H groups in total. The second-order valence-corrected chi connectivity index (χ2v) is 10.1. The minimum Gasteiger partial charge on any atom is -0.489 e. The van der Waals surface area contributed by atoms with Gasteiger partial charge in [-0.1, -0.05) is 54.6 Å². The highest BCUT2D eigenvalue weighted by atomic mass is 19.1. The predicted octanol–water partition coefficient (Wildman–Crippen LogP) is 6.93. The van der Waals surface area contributed by atoms with Crippen LogP contribution in [0.5, 0.6) is 5.75 Å². The highest BCUT2D eigenvalue weighted by molar-refractivity contribution is 6.03. The van der Waals surface area contributed by atoms with Gasteiger partial charge in [0.15, 0.2) is 5.79 Å². The average Bonchev–Trinajstić information content (AvgIpc) is 3.47. The number of amides is 1. The fourth-order valence-corrected chi connectivity index (χ4v) is 5.56. The first-order chi connectivity index (χ1) is 19.5. The number of benzene rings is 4. The second kappa shape index (κ2) is 11.2. The number of halogens is 2. The topological polar surface area (TPSA) is 48.0 Å². The Bertz CT molecular complexity index is 1440. The van der Waals surface area contributed by atoms with Gasteiger partial charge < -0.3 is 19.1 Å². The van der Waals surface area contributed by atoms with Gasteiger partial charge in [0.25, 0.3) is 0 Å². The van der Waals surface area contributed by atoms with Crippen molar-refractivity contribution in [1.29, 1.82) is 0 Å². The lowest BCUT2D eigenvalue weighted by atomic mass is 9.77. The van der Waals surface area contributed by atoms with Crippen LogP contribution in [0.25, 0.3) is 0 Å². The summed E-state index contributed by atoms with van der Waals surface area (Å²) in [6, 6.07) is 29.5. The van der Waals surface area contributed by atoms with Gasteiger partial charge in [-0.25, -0.2) is 8.78 Å². The Labute approximate surface area is 231 Å². The highest BCUT2D eigenvalue weighted by Gasteiger charge is 2.50. The standard InChI is InChI=1S/C33H29F2NO4/c34-26-10-8-25(9-11-26)33(39-20-21-40-33)19-18-30-31(36(32(30)37)28-14-12-27(35)13-15-28)24-6-16-29(17-7-24)38-22-23-4-2-1-3-5-23/h1-17,30-31H,18-22H2. The number of hydrogen-bond donors (Lipinski definition) is 0. The third-order valence-electron chi connectivity index (χ3n) is 7.61. The largest absolute Gasteiger partial charge is 0.489 e. The van der Waals surface area contributed by atoms with Crippen LogP contribution in [0, 0.1) is 17.6 Å². The van der Waals surface area contributed by atoms with E-state index in [4.69, 9.17) is 14.2 Å². The molecule has 1 amide bonds. The number of β-lactam (4-membered cyclic amide) rings is 1. The van der Waals surface area contributed by atoms with Gasteiger partial charge in [0.1, 0.15) is 24.0 Å². The summed E-state index contributed by atoms with van der Waals surface area (Å²) in [5, 5.41) is 0. The Morgan fingerprint density at radius 1 is 0.800 bits per heavy atom. The van der Waals surface area contributed by atoms with Crippen molar-refractivity contribution in [3.05, 3.63) is 131 Å². The van der Waals surface area contributed by atoms with E-state index in [1.54, 1.807) is 29.2 Å². The fraction of sp³-hybridized carbons (Fsp3) is 0.242. The number of rotatable bonds is 9. The van der Waals surface area contributed by atoms with Gasteiger partial charge >= 0.3 is 0 Å². The average molecular weight is 542 g/mol. The van der Waals surface area contributed by atoms with Crippen LogP contribution < -0.4 is 9.64 Å². The lowest BCUT2D eigenvalue weighted by Crippen LogP contribution is -2.55. The molecular formula is C33H29F2NO4. The van der Waals surface area contributed by atoms with Crippen LogP contribution in [0.4, 0.5) is 14.5 Å². The molecule has 2 saturated heterocycles. The molecule has 0 aliphatic carbocycles. The number of carbonyl (C=O) groups excluding carboxylic acids is 1. The summed E-state index contributed by atoms with van der Waals surface area (Å²) >= 11 is 0. The lowest BCUT2D eigenvalue weighted by molar-refractivity contribution is -0.175. The third kappa shape index (κ3) is 5.22. The molecule has 2 aliphatic heterocycles. The minimum absolute atomic E-state index is 0.0479. The molecule has 5 nitrogen and oxygen atoms in total. The van der Waals surface area contributed by atoms with Crippen molar-refractivity contribution in [1.82, 2.24) is 0 Å². The molecule has 0 saturated carbocycles.